The Balaban J connectivity index is 2.04. The molecule has 2 rings (SSSR count). The molecule has 0 saturated carbocycles. The maximum Gasteiger partial charge on any atom is 0.0368 e. The molecule has 1 aromatic carbocycles. The predicted octanol–water partition coefficient (Wildman–Crippen LogP) is 2.96. The van der Waals surface area contributed by atoms with Gasteiger partial charge in [-0.25, -0.2) is 0 Å². The van der Waals surface area contributed by atoms with Crippen LogP contribution in [0, 0.1) is 0 Å². The van der Waals surface area contributed by atoms with E-state index in [9.17, 15) is 0 Å². The van der Waals surface area contributed by atoms with Crippen molar-refractivity contribution in [2.75, 3.05) is 18.0 Å². The number of benzene rings is 1. The first-order valence-electron chi connectivity index (χ1n) is 6.32. The molecule has 0 aliphatic carbocycles. The van der Waals surface area contributed by atoms with E-state index >= 15 is 0 Å². The molecule has 2 heteroatoms. The summed E-state index contributed by atoms with van der Waals surface area (Å²) in [6.07, 6.45) is 1.33. The maximum absolute atomic E-state index is 3.43. The normalized spacial score (nSPS) is 21.7. The fourth-order valence-corrected chi connectivity index (χ4v) is 2.28. The molecule has 2 nitrogen and oxygen atoms in total. The van der Waals surface area contributed by atoms with Crippen molar-refractivity contribution in [3.05, 3.63) is 29.8 Å². The zero-order chi connectivity index (χ0) is 11.5. The average molecular weight is 218 g/mol. The van der Waals surface area contributed by atoms with E-state index in [0.717, 1.165) is 12.6 Å². The van der Waals surface area contributed by atoms with Gasteiger partial charge in [-0.2, -0.15) is 0 Å². The summed E-state index contributed by atoms with van der Waals surface area (Å²) in [4.78, 5) is 2.46. The molecule has 2 unspecified atom stereocenters. The van der Waals surface area contributed by atoms with Gasteiger partial charge in [-0.1, -0.05) is 19.1 Å². The summed E-state index contributed by atoms with van der Waals surface area (Å²) >= 11 is 0. The Morgan fingerprint density at radius 2 is 2.06 bits per heavy atom. The number of rotatable bonds is 4. The summed E-state index contributed by atoms with van der Waals surface area (Å²) in [6.45, 7) is 8.88. The lowest BCUT2D eigenvalue weighted by atomic mass is 10.0. The highest BCUT2D eigenvalue weighted by atomic mass is 15.2. The van der Waals surface area contributed by atoms with E-state index in [1.807, 2.05) is 0 Å². The smallest absolute Gasteiger partial charge is 0.0368 e. The molecule has 1 fully saturated rings. The number of nitrogens with one attached hydrogen (secondary N) is 1. The van der Waals surface area contributed by atoms with Gasteiger partial charge in [0, 0.05) is 24.3 Å². The van der Waals surface area contributed by atoms with E-state index in [4.69, 9.17) is 0 Å². The van der Waals surface area contributed by atoms with Crippen molar-refractivity contribution >= 4 is 5.69 Å². The summed E-state index contributed by atoms with van der Waals surface area (Å²) in [5.41, 5.74) is 2.74. The molecule has 0 aromatic heterocycles. The summed E-state index contributed by atoms with van der Waals surface area (Å²) < 4.78 is 0. The zero-order valence-electron chi connectivity index (χ0n) is 10.5. The van der Waals surface area contributed by atoms with Gasteiger partial charge in [-0.05, 0) is 44.5 Å². The molecule has 16 heavy (non-hydrogen) atoms. The third-order valence-corrected chi connectivity index (χ3v) is 3.55. The van der Waals surface area contributed by atoms with Crippen LogP contribution in [0.15, 0.2) is 24.3 Å². The molecule has 0 spiro atoms. The number of anilines is 1. The van der Waals surface area contributed by atoms with Crippen LogP contribution in [-0.2, 0) is 0 Å². The third kappa shape index (κ3) is 2.22. The zero-order valence-corrected chi connectivity index (χ0v) is 10.5. The molecule has 1 aliphatic heterocycles. The molecular weight excluding hydrogens is 196 g/mol. The Morgan fingerprint density at radius 3 is 2.50 bits per heavy atom. The van der Waals surface area contributed by atoms with Gasteiger partial charge in [0.2, 0.25) is 0 Å². The lowest BCUT2D eigenvalue weighted by Gasteiger charge is -2.40. The van der Waals surface area contributed by atoms with E-state index in [2.05, 4.69) is 55.3 Å². The second kappa shape index (κ2) is 4.88. The van der Waals surface area contributed by atoms with Crippen molar-refractivity contribution in [3.8, 4) is 0 Å². The van der Waals surface area contributed by atoms with Crippen molar-refractivity contribution in [3.63, 3.8) is 0 Å². The molecule has 1 N–H and O–H groups in total. The van der Waals surface area contributed by atoms with Crippen LogP contribution in [0.3, 0.4) is 0 Å². The second-order valence-electron chi connectivity index (χ2n) is 4.70. The Morgan fingerprint density at radius 1 is 1.38 bits per heavy atom. The van der Waals surface area contributed by atoms with Gasteiger partial charge in [0.25, 0.3) is 0 Å². The monoisotopic (exact) mass is 218 g/mol. The minimum absolute atomic E-state index is 0.452. The first kappa shape index (κ1) is 11.5. The third-order valence-electron chi connectivity index (χ3n) is 3.55. The predicted molar refractivity (Wildman–Crippen MR) is 70.0 cm³/mol. The molecule has 2 atom stereocenters. The van der Waals surface area contributed by atoms with Gasteiger partial charge in [0.1, 0.15) is 0 Å². The van der Waals surface area contributed by atoms with Crippen molar-refractivity contribution in [2.45, 2.75) is 39.3 Å². The van der Waals surface area contributed by atoms with Crippen molar-refractivity contribution in [1.82, 2.24) is 5.32 Å². The molecule has 1 aliphatic rings. The van der Waals surface area contributed by atoms with Crippen LogP contribution in [0.5, 0.6) is 0 Å². The molecule has 1 aromatic rings. The summed E-state index contributed by atoms with van der Waals surface area (Å²) in [7, 11) is 0. The van der Waals surface area contributed by atoms with Gasteiger partial charge < -0.3 is 10.2 Å². The topological polar surface area (TPSA) is 15.3 Å². The molecule has 0 bridgehead atoms. The van der Waals surface area contributed by atoms with Crippen LogP contribution in [0.4, 0.5) is 5.69 Å². The lowest BCUT2D eigenvalue weighted by molar-refractivity contribution is 0.481. The summed E-state index contributed by atoms with van der Waals surface area (Å²) in [6, 6.07) is 10.2. The van der Waals surface area contributed by atoms with E-state index in [0.29, 0.717) is 6.04 Å². The van der Waals surface area contributed by atoms with E-state index in [-0.39, 0.29) is 0 Å². The fourth-order valence-electron chi connectivity index (χ4n) is 2.28. The van der Waals surface area contributed by atoms with E-state index in [1.54, 1.807) is 0 Å². The van der Waals surface area contributed by atoms with Crippen LogP contribution in [0.1, 0.15) is 38.8 Å². The maximum atomic E-state index is 3.43. The van der Waals surface area contributed by atoms with Gasteiger partial charge in [-0.3, -0.25) is 0 Å². The molecule has 88 valence electrons. The van der Waals surface area contributed by atoms with Crippen LogP contribution < -0.4 is 10.2 Å². The largest absolute Gasteiger partial charge is 0.369 e. The quantitative estimate of drug-likeness (QED) is 0.836. The van der Waals surface area contributed by atoms with Crippen molar-refractivity contribution in [2.24, 2.45) is 0 Å². The fraction of sp³-hybridized carbons (Fsp3) is 0.571. The van der Waals surface area contributed by atoms with Crippen molar-refractivity contribution in [1.29, 1.82) is 0 Å². The van der Waals surface area contributed by atoms with E-state index < -0.39 is 0 Å². The highest BCUT2D eigenvalue weighted by molar-refractivity contribution is 5.50. The van der Waals surface area contributed by atoms with Gasteiger partial charge >= 0.3 is 0 Å². The van der Waals surface area contributed by atoms with Crippen LogP contribution in [0.25, 0.3) is 0 Å². The SMILES string of the molecule is CCNC(C)c1ccc(N2CCC2C)cc1. The highest BCUT2D eigenvalue weighted by Crippen LogP contribution is 2.27. The van der Waals surface area contributed by atoms with Gasteiger partial charge in [0.15, 0.2) is 0 Å². The average Bonchev–Trinajstić information content (AvgIpc) is 2.28. The van der Waals surface area contributed by atoms with Crippen molar-refractivity contribution < 1.29 is 0 Å². The van der Waals surface area contributed by atoms with E-state index in [1.165, 1.54) is 24.2 Å². The van der Waals surface area contributed by atoms with Crippen LogP contribution >= 0.6 is 0 Å². The highest BCUT2D eigenvalue weighted by Gasteiger charge is 2.23. The van der Waals surface area contributed by atoms with Gasteiger partial charge in [-0.15, -0.1) is 0 Å². The summed E-state index contributed by atoms with van der Waals surface area (Å²) in [5, 5.41) is 3.43. The molecule has 1 heterocycles. The number of hydrogen-bond acceptors (Lipinski definition) is 2. The molecule has 1 saturated heterocycles. The summed E-state index contributed by atoms with van der Waals surface area (Å²) in [5.74, 6) is 0. The number of hydrogen-bond donors (Lipinski definition) is 1. The second-order valence-corrected chi connectivity index (χ2v) is 4.70. The standard InChI is InChI=1S/C14H22N2/c1-4-15-12(3)13-5-7-14(8-6-13)16-10-9-11(16)2/h5-8,11-12,15H,4,9-10H2,1-3H3. The Hall–Kier alpha value is -1.02. The molecular formula is C14H22N2. The lowest BCUT2D eigenvalue weighted by Crippen LogP contribution is -2.45. The number of nitrogens with zero attached hydrogens (tertiary/aromatic N) is 1. The molecule has 0 amide bonds. The Labute approximate surface area is 98.7 Å². The molecule has 0 radical (unpaired) electrons. The first-order valence-corrected chi connectivity index (χ1v) is 6.32. The first-order chi connectivity index (χ1) is 7.72. The van der Waals surface area contributed by atoms with Crippen LogP contribution in [0.2, 0.25) is 0 Å². The van der Waals surface area contributed by atoms with Gasteiger partial charge in [0.05, 0.1) is 0 Å². The van der Waals surface area contributed by atoms with Crippen LogP contribution in [-0.4, -0.2) is 19.1 Å². The Kier molecular flexibility index (Phi) is 3.49. The Bertz CT molecular complexity index is 331. The minimum atomic E-state index is 0.452. The minimum Gasteiger partial charge on any atom is -0.369 e.